The quantitative estimate of drug-likeness (QED) is 0.743. The van der Waals surface area contributed by atoms with Crippen LogP contribution < -0.4 is 0 Å². The summed E-state index contributed by atoms with van der Waals surface area (Å²) in [7, 11) is 0. The summed E-state index contributed by atoms with van der Waals surface area (Å²) in [5.74, 6) is 0. The summed E-state index contributed by atoms with van der Waals surface area (Å²) in [6.07, 6.45) is 2.47. The number of aryl methyl sites for hydroxylation is 1. The van der Waals surface area contributed by atoms with E-state index in [1.165, 1.54) is 5.56 Å². The van der Waals surface area contributed by atoms with Gasteiger partial charge in [-0.3, -0.25) is 13.4 Å². The minimum Gasteiger partial charge on any atom is -0.265 e. The van der Waals surface area contributed by atoms with Crippen molar-refractivity contribution in [1.82, 2.24) is 4.98 Å². The molecule has 2 heterocycles. The number of hydrogen-bond acceptors (Lipinski definition) is 4. The van der Waals surface area contributed by atoms with Crippen molar-refractivity contribution in [2.45, 2.75) is 19.4 Å². The first-order valence-electron chi connectivity index (χ1n) is 4.46. The van der Waals surface area contributed by atoms with Crippen molar-refractivity contribution in [2.75, 3.05) is 6.61 Å². The molecule has 0 aliphatic carbocycles. The summed E-state index contributed by atoms with van der Waals surface area (Å²) in [4.78, 5) is 4.23. The lowest BCUT2D eigenvalue weighted by Crippen LogP contribution is -2.02. The molecule has 1 aromatic heterocycles. The number of aromatic nitrogens is 1. The SMILES string of the molecule is CCc1ccc([C@H]2CO[S@](=O)O2)nc1. The van der Waals surface area contributed by atoms with Crippen molar-refractivity contribution in [3.8, 4) is 0 Å². The molecule has 0 unspecified atom stereocenters. The fraction of sp³-hybridized carbons (Fsp3) is 0.444. The molecule has 76 valence electrons. The number of nitrogens with zero attached hydrogens (tertiary/aromatic N) is 1. The topological polar surface area (TPSA) is 48.4 Å². The van der Waals surface area contributed by atoms with Crippen LogP contribution in [-0.2, 0) is 26.1 Å². The first kappa shape index (κ1) is 9.76. The monoisotopic (exact) mass is 213 g/mol. The van der Waals surface area contributed by atoms with Crippen molar-refractivity contribution < 1.29 is 12.6 Å². The second-order valence-electron chi connectivity index (χ2n) is 3.02. The fourth-order valence-electron chi connectivity index (χ4n) is 1.24. The zero-order valence-electron chi connectivity index (χ0n) is 7.80. The summed E-state index contributed by atoms with van der Waals surface area (Å²) in [6.45, 7) is 2.38. The maximum Gasteiger partial charge on any atom is 0.305 e. The highest BCUT2D eigenvalue weighted by Gasteiger charge is 2.25. The van der Waals surface area contributed by atoms with Gasteiger partial charge in [0.05, 0.1) is 12.3 Å². The van der Waals surface area contributed by atoms with Crippen LogP contribution in [-0.4, -0.2) is 15.8 Å². The zero-order chi connectivity index (χ0) is 9.97. The lowest BCUT2D eigenvalue weighted by Gasteiger charge is -2.04. The molecule has 1 aliphatic heterocycles. The minimum atomic E-state index is -1.60. The minimum absolute atomic E-state index is 0.290. The van der Waals surface area contributed by atoms with Crippen LogP contribution in [0.1, 0.15) is 24.3 Å². The average Bonchev–Trinajstić information content (AvgIpc) is 2.65. The maximum absolute atomic E-state index is 10.8. The standard InChI is InChI=1S/C9H11NO3S/c1-2-7-3-4-8(10-5-7)9-6-12-14(11)13-9/h3-5,9H,2,6H2,1H3/t9-,14+/m1/s1. The molecule has 0 bridgehead atoms. The summed E-state index contributed by atoms with van der Waals surface area (Å²) in [6, 6.07) is 3.88. The fourth-order valence-corrected chi connectivity index (χ4v) is 1.87. The van der Waals surface area contributed by atoms with E-state index in [9.17, 15) is 4.21 Å². The van der Waals surface area contributed by atoms with E-state index in [0.29, 0.717) is 6.61 Å². The Morgan fingerprint density at radius 1 is 1.64 bits per heavy atom. The zero-order valence-corrected chi connectivity index (χ0v) is 8.62. The summed E-state index contributed by atoms with van der Waals surface area (Å²) in [5.41, 5.74) is 1.95. The van der Waals surface area contributed by atoms with Gasteiger partial charge in [-0.2, -0.15) is 4.21 Å². The van der Waals surface area contributed by atoms with Crippen LogP contribution in [0.2, 0.25) is 0 Å². The Hall–Kier alpha value is -0.780. The third-order valence-electron chi connectivity index (χ3n) is 2.10. The molecule has 5 heteroatoms. The summed E-state index contributed by atoms with van der Waals surface area (Å²) >= 11 is -1.60. The highest BCUT2D eigenvalue weighted by molar-refractivity contribution is 7.75. The van der Waals surface area contributed by atoms with Crippen LogP contribution in [0.3, 0.4) is 0 Å². The van der Waals surface area contributed by atoms with Gasteiger partial charge in [0.2, 0.25) is 0 Å². The van der Waals surface area contributed by atoms with Gasteiger partial charge in [-0.1, -0.05) is 13.0 Å². The van der Waals surface area contributed by atoms with E-state index in [0.717, 1.165) is 12.1 Å². The molecular formula is C9H11NO3S. The van der Waals surface area contributed by atoms with E-state index in [4.69, 9.17) is 8.37 Å². The van der Waals surface area contributed by atoms with Crippen LogP contribution in [0.25, 0.3) is 0 Å². The molecular weight excluding hydrogens is 202 g/mol. The van der Waals surface area contributed by atoms with Gasteiger partial charge in [-0.05, 0) is 18.1 Å². The predicted molar refractivity (Wildman–Crippen MR) is 51.5 cm³/mol. The highest BCUT2D eigenvalue weighted by Crippen LogP contribution is 2.23. The summed E-state index contributed by atoms with van der Waals surface area (Å²) in [5, 5.41) is 0. The van der Waals surface area contributed by atoms with Crippen molar-refractivity contribution in [1.29, 1.82) is 0 Å². The van der Waals surface area contributed by atoms with E-state index in [1.807, 2.05) is 12.1 Å². The van der Waals surface area contributed by atoms with Crippen LogP contribution in [0, 0.1) is 0 Å². The highest BCUT2D eigenvalue weighted by atomic mass is 32.2. The lowest BCUT2D eigenvalue weighted by atomic mass is 10.2. The molecule has 0 N–H and O–H groups in total. The molecule has 1 saturated heterocycles. The molecule has 2 atom stereocenters. The van der Waals surface area contributed by atoms with Crippen molar-refractivity contribution >= 4 is 11.4 Å². The van der Waals surface area contributed by atoms with Gasteiger partial charge in [0.1, 0.15) is 6.10 Å². The van der Waals surface area contributed by atoms with Crippen molar-refractivity contribution in [3.63, 3.8) is 0 Å². The molecule has 1 aromatic rings. The average molecular weight is 213 g/mol. The van der Waals surface area contributed by atoms with E-state index >= 15 is 0 Å². The molecule has 0 amide bonds. The van der Waals surface area contributed by atoms with E-state index in [2.05, 4.69) is 11.9 Å². The molecule has 0 aromatic carbocycles. The van der Waals surface area contributed by atoms with Crippen LogP contribution >= 0.6 is 0 Å². The van der Waals surface area contributed by atoms with Gasteiger partial charge in [-0.15, -0.1) is 0 Å². The second-order valence-corrected chi connectivity index (χ2v) is 3.85. The first-order valence-corrected chi connectivity index (χ1v) is 5.46. The molecule has 1 aliphatic rings. The van der Waals surface area contributed by atoms with Crippen LogP contribution in [0.15, 0.2) is 18.3 Å². The molecule has 0 radical (unpaired) electrons. The number of rotatable bonds is 2. The Kier molecular flexibility index (Phi) is 2.90. The maximum atomic E-state index is 10.8. The van der Waals surface area contributed by atoms with E-state index in [-0.39, 0.29) is 6.10 Å². The van der Waals surface area contributed by atoms with Crippen LogP contribution in [0.5, 0.6) is 0 Å². The molecule has 0 spiro atoms. The van der Waals surface area contributed by atoms with E-state index < -0.39 is 11.4 Å². The third-order valence-corrected chi connectivity index (χ3v) is 2.81. The van der Waals surface area contributed by atoms with E-state index in [1.54, 1.807) is 6.20 Å². The Morgan fingerprint density at radius 3 is 3.00 bits per heavy atom. The van der Waals surface area contributed by atoms with Gasteiger partial charge in [-0.25, -0.2) is 0 Å². The molecule has 0 saturated carbocycles. The Bertz CT molecular complexity index is 338. The Balaban J connectivity index is 2.13. The van der Waals surface area contributed by atoms with Gasteiger partial charge < -0.3 is 0 Å². The lowest BCUT2D eigenvalue weighted by molar-refractivity contribution is 0.240. The first-order chi connectivity index (χ1) is 6.79. The molecule has 1 fully saturated rings. The summed E-state index contributed by atoms with van der Waals surface area (Å²) < 4.78 is 20.6. The second kappa shape index (κ2) is 4.16. The molecule has 4 nitrogen and oxygen atoms in total. The predicted octanol–water partition coefficient (Wildman–Crippen LogP) is 1.31. The van der Waals surface area contributed by atoms with Gasteiger partial charge in [0.15, 0.2) is 0 Å². The Labute approximate surface area is 85.1 Å². The molecule has 14 heavy (non-hydrogen) atoms. The number of hydrogen-bond donors (Lipinski definition) is 0. The largest absolute Gasteiger partial charge is 0.305 e. The molecule has 2 rings (SSSR count). The van der Waals surface area contributed by atoms with Crippen LogP contribution in [0.4, 0.5) is 0 Å². The van der Waals surface area contributed by atoms with Crippen molar-refractivity contribution in [3.05, 3.63) is 29.6 Å². The smallest absolute Gasteiger partial charge is 0.265 e. The normalized spacial score (nSPS) is 26.6. The van der Waals surface area contributed by atoms with Gasteiger partial charge >= 0.3 is 11.4 Å². The number of pyridine rings is 1. The Morgan fingerprint density at radius 2 is 2.50 bits per heavy atom. The van der Waals surface area contributed by atoms with Gasteiger partial charge in [0.25, 0.3) is 0 Å². The van der Waals surface area contributed by atoms with Crippen molar-refractivity contribution in [2.24, 2.45) is 0 Å². The van der Waals surface area contributed by atoms with Gasteiger partial charge in [0, 0.05) is 6.20 Å². The third kappa shape index (κ3) is 2.00.